The van der Waals surface area contributed by atoms with Gasteiger partial charge in [0.25, 0.3) is 0 Å². The second kappa shape index (κ2) is 5.15. The Labute approximate surface area is 128 Å². The SMILES string of the molecule is Cc1ccc(C)c(-n2c(C(C)Cl)nc3c(F)cccc32)c1. The normalized spacial score (nSPS) is 12.8. The summed E-state index contributed by atoms with van der Waals surface area (Å²) in [6.45, 7) is 5.91. The van der Waals surface area contributed by atoms with Crippen LogP contribution in [-0.2, 0) is 0 Å². The van der Waals surface area contributed by atoms with Crippen LogP contribution in [0.5, 0.6) is 0 Å². The molecule has 3 aromatic rings. The predicted molar refractivity (Wildman–Crippen MR) is 84.8 cm³/mol. The molecule has 1 unspecified atom stereocenters. The molecule has 0 aliphatic heterocycles. The van der Waals surface area contributed by atoms with Gasteiger partial charge in [-0.3, -0.25) is 4.57 Å². The average Bonchev–Trinajstić information content (AvgIpc) is 2.82. The van der Waals surface area contributed by atoms with E-state index in [9.17, 15) is 4.39 Å². The lowest BCUT2D eigenvalue weighted by atomic mass is 10.1. The molecule has 0 saturated carbocycles. The van der Waals surface area contributed by atoms with Crippen LogP contribution in [0.4, 0.5) is 4.39 Å². The first-order valence-corrected chi connectivity index (χ1v) is 7.31. The van der Waals surface area contributed by atoms with E-state index < -0.39 is 0 Å². The Morgan fingerprint density at radius 2 is 1.95 bits per heavy atom. The molecule has 108 valence electrons. The van der Waals surface area contributed by atoms with Crippen molar-refractivity contribution < 1.29 is 4.39 Å². The Kier molecular flexibility index (Phi) is 3.46. The van der Waals surface area contributed by atoms with Crippen LogP contribution in [-0.4, -0.2) is 9.55 Å². The summed E-state index contributed by atoms with van der Waals surface area (Å²) in [6, 6.07) is 11.2. The van der Waals surface area contributed by atoms with Gasteiger partial charge in [0.1, 0.15) is 11.3 Å². The zero-order chi connectivity index (χ0) is 15.1. The Hall–Kier alpha value is -1.87. The van der Waals surface area contributed by atoms with Crippen molar-refractivity contribution in [2.45, 2.75) is 26.1 Å². The number of benzene rings is 2. The first kappa shape index (κ1) is 14.1. The largest absolute Gasteiger partial charge is 0.295 e. The van der Waals surface area contributed by atoms with Crippen molar-refractivity contribution in [3.8, 4) is 5.69 Å². The number of halogens is 2. The van der Waals surface area contributed by atoms with Crippen molar-refractivity contribution in [2.24, 2.45) is 0 Å². The highest BCUT2D eigenvalue weighted by Crippen LogP contribution is 2.30. The van der Waals surface area contributed by atoms with E-state index in [4.69, 9.17) is 11.6 Å². The third kappa shape index (κ3) is 2.32. The standard InChI is InChI=1S/C17H16ClFN2/c1-10-7-8-11(2)15(9-10)21-14-6-4-5-13(19)16(14)20-17(21)12(3)18/h4-9,12H,1-3H3. The molecule has 1 atom stereocenters. The Morgan fingerprint density at radius 3 is 2.67 bits per heavy atom. The molecule has 0 aliphatic rings. The van der Waals surface area contributed by atoms with Gasteiger partial charge in [0, 0.05) is 0 Å². The molecule has 0 radical (unpaired) electrons. The van der Waals surface area contributed by atoms with Gasteiger partial charge in [-0.25, -0.2) is 9.37 Å². The topological polar surface area (TPSA) is 17.8 Å². The molecule has 0 fully saturated rings. The maximum absolute atomic E-state index is 14.0. The predicted octanol–water partition coefficient (Wildman–Crippen LogP) is 5.08. The van der Waals surface area contributed by atoms with E-state index in [-0.39, 0.29) is 11.2 Å². The molecular formula is C17H16ClFN2. The smallest absolute Gasteiger partial charge is 0.151 e. The number of nitrogens with zero attached hydrogens (tertiary/aromatic N) is 2. The van der Waals surface area contributed by atoms with Crippen molar-refractivity contribution in [2.75, 3.05) is 0 Å². The number of hydrogen-bond donors (Lipinski definition) is 0. The van der Waals surface area contributed by atoms with Crippen molar-refractivity contribution in [3.63, 3.8) is 0 Å². The summed E-state index contributed by atoms with van der Waals surface area (Å²) < 4.78 is 16.0. The highest BCUT2D eigenvalue weighted by atomic mass is 35.5. The first-order chi connectivity index (χ1) is 9.99. The maximum atomic E-state index is 14.0. The Bertz CT molecular complexity index is 821. The number of alkyl halides is 1. The molecule has 1 aromatic heterocycles. The van der Waals surface area contributed by atoms with E-state index in [0.717, 1.165) is 22.3 Å². The van der Waals surface area contributed by atoms with Crippen molar-refractivity contribution >= 4 is 22.6 Å². The van der Waals surface area contributed by atoms with Crippen LogP contribution in [0.3, 0.4) is 0 Å². The van der Waals surface area contributed by atoms with E-state index in [2.05, 4.69) is 23.2 Å². The monoisotopic (exact) mass is 302 g/mol. The van der Waals surface area contributed by atoms with Gasteiger partial charge in [-0.05, 0) is 50.1 Å². The van der Waals surface area contributed by atoms with Gasteiger partial charge in [0.15, 0.2) is 5.82 Å². The summed E-state index contributed by atoms with van der Waals surface area (Å²) in [4.78, 5) is 4.41. The minimum absolute atomic E-state index is 0.309. The average molecular weight is 303 g/mol. The van der Waals surface area contributed by atoms with Gasteiger partial charge < -0.3 is 0 Å². The van der Waals surface area contributed by atoms with Crippen LogP contribution in [0.1, 0.15) is 29.3 Å². The third-order valence-electron chi connectivity index (χ3n) is 3.62. The van der Waals surface area contributed by atoms with Crippen molar-refractivity contribution in [1.82, 2.24) is 9.55 Å². The maximum Gasteiger partial charge on any atom is 0.151 e. The van der Waals surface area contributed by atoms with Crippen molar-refractivity contribution in [1.29, 1.82) is 0 Å². The fraction of sp³-hybridized carbons (Fsp3) is 0.235. The summed E-state index contributed by atoms with van der Waals surface area (Å²) in [5, 5.41) is -0.309. The third-order valence-corrected chi connectivity index (χ3v) is 3.82. The summed E-state index contributed by atoms with van der Waals surface area (Å²) in [5.74, 6) is 0.334. The lowest BCUT2D eigenvalue weighted by molar-refractivity contribution is 0.637. The van der Waals surface area contributed by atoms with E-state index in [1.807, 2.05) is 31.4 Å². The van der Waals surface area contributed by atoms with Crippen LogP contribution in [0.15, 0.2) is 36.4 Å². The number of aryl methyl sites for hydroxylation is 2. The fourth-order valence-electron chi connectivity index (χ4n) is 2.56. The van der Waals surface area contributed by atoms with Crippen LogP contribution >= 0.6 is 11.6 Å². The molecule has 0 N–H and O–H groups in total. The fourth-order valence-corrected chi connectivity index (χ4v) is 2.71. The molecular weight excluding hydrogens is 287 g/mol. The summed E-state index contributed by atoms with van der Waals surface area (Å²) >= 11 is 6.27. The van der Waals surface area contributed by atoms with Gasteiger partial charge in [-0.1, -0.05) is 18.2 Å². The summed E-state index contributed by atoms with van der Waals surface area (Å²) in [7, 11) is 0. The van der Waals surface area contributed by atoms with E-state index in [0.29, 0.717) is 11.3 Å². The van der Waals surface area contributed by atoms with Crippen LogP contribution in [0.2, 0.25) is 0 Å². The quantitative estimate of drug-likeness (QED) is 0.604. The van der Waals surface area contributed by atoms with Crippen LogP contribution < -0.4 is 0 Å². The second-order valence-corrected chi connectivity index (χ2v) is 5.97. The number of aromatic nitrogens is 2. The van der Waals surface area contributed by atoms with E-state index >= 15 is 0 Å². The molecule has 0 amide bonds. The van der Waals surface area contributed by atoms with E-state index in [1.54, 1.807) is 6.07 Å². The zero-order valence-corrected chi connectivity index (χ0v) is 12.9. The number of rotatable bonds is 2. The highest BCUT2D eigenvalue weighted by molar-refractivity contribution is 6.20. The minimum atomic E-state index is -0.324. The van der Waals surface area contributed by atoms with Gasteiger partial charge in [-0.2, -0.15) is 0 Å². The molecule has 3 rings (SSSR count). The lowest BCUT2D eigenvalue weighted by Crippen LogP contribution is -2.04. The van der Waals surface area contributed by atoms with E-state index in [1.165, 1.54) is 6.07 Å². The second-order valence-electron chi connectivity index (χ2n) is 5.32. The molecule has 21 heavy (non-hydrogen) atoms. The van der Waals surface area contributed by atoms with Gasteiger partial charge in [0.2, 0.25) is 0 Å². The molecule has 2 aromatic carbocycles. The lowest BCUT2D eigenvalue weighted by Gasteiger charge is -2.14. The van der Waals surface area contributed by atoms with Crippen LogP contribution in [0.25, 0.3) is 16.7 Å². The summed E-state index contributed by atoms with van der Waals surface area (Å²) in [6.07, 6.45) is 0. The zero-order valence-electron chi connectivity index (χ0n) is 12.2. The number of imidazole rings is 1. The van der Waals surface area contributed by atoms with Gasteiger partial charge >= 0.3 is 0 Å². The minimum Gasteiger partial charge on any atom is -0.295 e. The number of hydrogen-bond acceptors (Lipinski definition) is 1. The number of fused-ring (bicyclic) bond motifs is 1. The van der Waals surface area contributed by atoms with Crippen molar-refractivity contribution in [3.05, 3.63) is 59.2 Å². The highest BCUT2D eigenvalue weighted by Gasteiger charge is 2.19. The molecule has 1 heterocycles. The number of para-hydroxylation sites is 1. The summed E-state index contributed by atoms with van der Waals surface area (Å²) in [5.41, 5.74) is 4.34. The molecule has 2 nitrogen and oxygen atoms in total. The van der Waals surface area contributed by atoms with Crippen LogP contribution in [0, 0.1) is 19.7 Å². The molecule has 4 heteroatoms. The first-order valence-electron chi connectivity index (χ1n) is 6.87. The Balaban J connectivity index is 2.42. The van der Waals surface area contributed by atoms with Gasteiger partial charge in [-0.15, -0.1) is 11.6 Å². The molecule has 0 aliphatic carbocycles. The molecule has 0 spiro atoms. The molecule has 0 saturated heterocycles. The van der Waals surface area contributed by atoms with Gasteiger partial charge in [0.05, 0.1) is 16.6 Å². The molecule has 0 bridgehead atoms. The Morgan fingerprint density at radius 1 is 1.19 bits per heavy atom.